The highest BCUT2D eigenvalue weighted by atomic mass is 19.1. The second kappa shape index (κ2) is 5.95. The van der Waals surface area contributed by atoms with Crippen molar-refractivity contribution in [2.24, 2.45) is 0 Å². The molecule has 22 heavy (non-hydrogen) atoms. The van der Waals surface area contributed by atoms with Crippen LogP contribution in [0, 0.1) is 19.7 Å². The molecule has 1 aromatic heterocycles. The molecule has 2 heterocycles. The number of aryl methyl sites for hydroxylation is 2. The molecule has 4 heteroatoms. The standard InChI is InChI=1S/C18H21FN2O/c1-13-10-14(2)21(12-15-6-5-7-16(19)11-15)17(13)18(22)20-8-3-4-9-20/h5-7,10-11H,3-4,8-9,12H2,1-2H3. The summed E-state index contributed by atoms with van der Waals surface area (Å²) in [5, 5.41) is 0. The Morgan fingerprint density at radius 3 is 2.59 bits per heavy atom. The maximum absolute atomic E-state index is 13.4. The summed E-state index contributed by atoms with van der Waals surface area (Å²) in [6, 6.07) is 8.59. The molecule has 1 saturated heterocycles. The maximum Gasteiger partial charge on any atom is 0.270 e. The fourth-order valence-corrected chi connectivity index (χ4v) is 3.22. The zero-order valence-electron chi connectivity index (χ0n) is 13.1. The molecule has 0 N–H and O–H groups in total. The van der Waals surface area contributed by atoms with Gasteiger partial charge in [-0.05, 0) is 56.0 Å². The number of nitrogens with zero attached hydrogens (tertiary/aromatic N) is 2. The zero-order valence-corrected chi connectivity index (χ0v) is 13.1. The lowest BCUT2D eigenvalue weighted by atomic mass is 10.2. The van der Waals surface area contributed by atoms with Gasteiger partial charge >= 0.3 is 0 Å². The molecule has 1 aromatic carbocycles. The van der Waals surface area contributed by atoms with Crippen molar-refractivity contribution in [3.05, 3.63) is 58.7 Å². The molecule has 1 aliphatic rings. The second-order valence-electron chi connectivity index (χ2n) is 6.03. The van der Waals surface area contributed by atoms with Crippen molar-refractivity contribution in [1.29, 1.82) is 0 Å². The van der Waals surface area contributed by atoms with Crippen molar-refractivity contribution in [2.45, 2.75) is 33.2 Å². The largest absolute Gasteiger partial charge is 0.337 e. The zero-order chi connectivity index (χ0) is 15.7. The number of amides is 1. The van der Waals surface area contributed by atoms with E-state index in [1.807, 2.05) is 35.4 Å². The Bertz CT molecular complexity index is 699. The van der Waals surface area contributed by atoms with E-state index < -0.39 is 0 Å². The van der Waals surface area contributed by atoms with Crippen molar-refractivity contribution >= 4 is 5.91 Å². The molecule has 1 aliphatic heterocycles. The van der Waals surface area contributed by atoms with E-state index in [4.69, 9.17) is 0 Å². The topological polar surface area (TPSA) is 25.2 Å². The SMILES string of the molecule is Cc1cc(C)n(Cc2cccc(F)c2)c1C(=O)N1CCCC1. The molecular weight excluding hydrogens is 279 g/mol. The van der Waals surface area contributed by atoms with Gasteiger partial charge in [0.05, 0.1) is 0 Å². The van der Waals surface area contributed by atoms with Crippen LogP contribution in [0.15, 0.2) is 30.3 Å². The van der Waals surface area contributed by atoms with Crippen LogP contribution in [0.5, 0.6) is 0 Å². The monoisotopic (exact) mass is 300 g/mol. The number of hydrogen-bond donors (Lipinski definition) is 0. The van der Waals surface area contributed by atoms with E-state index in [9.17, 15) is 9.18 Å². The van der Waals surface area contributed by atoms with Gasteiger partial charge < -0.3 is 9.47 Å². The molecule has 116 valence electrons. The highest BCUT2D eigenvalue weighted by Gasteiger charge is 2.25. The minimum Gasteiger partial charge on any atom is -0.337 e. The van der Waals surface area contributed by atoms with E-state index in [1.54, 1.807) is 6.07 Å². The summed E-state index contributed by atoms with van der Waals surface area (Å²) in [5.74, 6) is -0.147. The molecule has 0 unspecified atom stereocenters. The summed E-state index contributed by atoms with van der Waals surface area (Å²) in [7, 11) is 0. The highest BCUT2D eigenvalue weighted by molar-refractivity contribution is 5.94. The third-order valence-electron chi connectivity index (χ3n) is 4.32. The first-order valence-electron chi connectivity index (χ1n) is 7.76. The summed E-state index contributed by atoms with van der Waals surface area (Å²) in [6.45, 7) is 6.16. The molecule has 2 aromatic rings. The Balaban J connectivity index is 1.95. The predicted octanol–water partition coefficient (Wildman–Crippen LogP) is 3.53. The molecule has 0 spiro atoms. The maximum atomic E-state index is 13.4. The Kier molecular flexibility index (Phi) is 4.01. The lowest BCUT2D eigenvalue weighted by Gasteiger charge is -2.19. The number of carbonyl (C=O) groups excluding carboxylic acids is 1. The Labute approximate surface area is 130 Å². The first kappa shape index (κ1) is 14.8. The van der Waals surface area contributed by atoms with Gasteiger partial charge in [0.2, 0.25) is 0 Å². The molecule has 0 aliphatic carbocycles. The van der Waals surface area contributed by atoms with Crippen LogP contribution in [0.3, 0.4) is 0 Å². The van der Waals surface area contributed by atoms with Gasteiger partial charge in [-0.3, -0.25) is 4.79 Å². The summed E-state index contributed by atoms with van der Waals surface area (Å²) in [4.78, 5) is 14.7. The molecule has 0 bridgehead atoms. The van der Waals surface area contributed by atoms with Crippen molar-refractivity contribution in [3.8, 4) is 0 Å². The van der Waals surface area contributed by atoms with Gasteiger partial charge in [-0.25, -0.2) is 4.39 Å². The number of halogens is 1. The quantitative estimate of drug-likeness (QED) is 0.851. The fraction of sp³-hybridized carbons (Fsp3) is 0.389. The van der Waals surface area contributed by atoms with Crippen LogP contribution < -0.4 is 0 Å². The number of carbonyl (C=O) groups is 1. The van der Waals surface area contributed by atoms with Crippen LogP contribution in [0.2, 0.25) is 0 Å². The van der Waals surface area contributed by atoms with Crippen LogP contribution in [0.1, 0.15) is 40.2 Å². The molecule has 0 radical (unpaired) electrons. The van der Waals surface area contributed by atoms with Gasteiger partial charge in [0.15, 0.2) is 0 Å². The fourth-order valence-electron chi connectivity index (χ4n) is 3.22. The van der Waals surface area contributed by atoms with E-state index >= 15 is 0 Å². The van der Waals surface area contributed by atoms with Crippen LogP contribution in [0.4, 0.5) is 4.39 Å². The molecule has 3 nitrogen and oxygen atoms in total. The minimum absolute atomic E-state index is 0.0968. The van der Waals surface area contributed by atoms with Gasteiger partial charge in [0.25, 0.3) is 5.91 Å². The highest BCUT2D eigenvalue weighted by Crippen LogP contribution is 2.21. The number of aromatic nitrogens is 1. The smallest absolute Gasteiger partial charge is 0.270 e. The third-order valence-corrected chi connectivity index (χ3v) is 4.32. The van der Waals surface area contributed by atoms with E-state index in [0.717, 1.165) is 48.4 Å². The summed E-state index contributed by atoms with van der Waals surface area (Å²) >= 11 is 0. The summed E-state index contributed by atoms with van der Waals surface area (Å²) in [6.07, 6.45) is 2.16. The molecule has 1 amide bonds. The van der Waals surface area contributed by atoms with Gasteiger partial charge in [-0.15, -0.1) is 0 Å². The molecule has 0 atom stereocenters. The van der Waals surface area contributed by atoms with Crippen molar-refractivity contribution in [2.75, 3.05) is 13.1 Å². The number of hydrogen-bond acceptors (Lipinski definition) is 1. The number of rotatable bonds is 3. The first-order chi connectivity index (χ1) is 10.6. The van der Waals surface area contributed by atoms with Crippen LogP contribution in [-0.4, -0.2) is 28.5 Å². The first-order valence-corrected chi connectivity index (χ1v) is 7.76. The average Bonchev–Trinajstić information content (AvgIpc) is 3.08. The molecular formula is C18H21FN2O. The van der Waals surface area contributed by atoms with Crippen molar-refractivity contribution in [3.63, 3.8) is 0 Å². The number of benzene rings is 1. The van der Waals surface area contributed by atoms with Crippen molar-refractivity contribution in [1.82, 2.24) is 9.47 Å². The Morgan fingerprint density at radius 1 is 1.18 bits per heavy atom. The third kappa shape index (κ3) is 2.78. The lowest BCUT2D eigenvalue weighted by Crippen LogP contribution is -2.30. The normalized spacial score (nSPS) is 14.6. The lowest BCUT2D eigenvalue weighted by molar-refractivity contribution is 0.0781. The number of likely N-dealkylation sites (tertiary alicyclic amines) is 1. The van der Waals surface area contributed by atoms with Gasteiger partial charge in [0.1, 0.15) is 11.5 Å². The minimum atomic E-state index is -0.244. The average molecular weight is 300 g/mol. The van der Waals surface area contributed by atoms with Gasteiger partial charge in [0, 0.05) is 25.3 Å². The van der Waals surface area contributed by atoms with Gasteiger partial charge in [-0.2, -0.15) is 0 Å². The van der Waals surface area contributed by atoms with Gasteiger partial charge in [-0.1, -0.05) is 12.1 Å². The Morgan fingerprint density at radius 2 is 1.91 bits per heavy atom. The van der Waals surface area contributed by atoms with Crippen LogP contribution in [0.25, 0.3) is 0 Å². The molecule has 3 rings (SSSR count). The Hall–Kier alpha value is -2.10. The van der Waals surface area contributed by atoms with E-state index in [1.165, 1.54) is 12.1 Å². The van der Waals surface area contributed by atoms with Crippen molar-refractivity contribution < 1.29 is 9.18 Å². The van der Waals surface area contributed by atoms with E-state index in [0.29, 0.717) is 6.54 Å². The second-order valence-corrected chi connectivity index (χ2v) is 6.03. The van der Waals surface area contributed by atoms with E-state index in [2.05, 4.69) is 0 Å². The molecule has 0 saturated carbocycles. The van der Waals surface area contributed by atoms with E-state index in [-0.39, 0.29) is 11.7 Å². The predicted molar refractivity (Wildman–Crippen MR) is 84.5 cm³/mol. The van der Waals surface area contributed by atoms with Crippen LogP contribution in [-0.2, 0) is 6.54 Å². The van der Waals surface area contributed by atoms with Crippen LogP contribution >= 0.6 is 0 Å². The summed E-state index contributed by atoms with van der Waals surface area (Å²) < 4.78 is 15.4. The molecule has 1 fully saturated rings. The summed E-state index contributed by atoms with van der Waals surface area (Å²) in [5.41, 5.74) is 3.63.